The number of carbonyl (C=O) groups excluding carboxylic acids is 1. The van der Waals surface area contributed by atoms with Gasteiger partial charge in [-0.15, -0.1) is 0 Å². The summed E-state index contributed by atoms with van der Waals surface area (Å²) in [5, 5.41) is 0. The predicted octanol–water partition coefficient (Wildman–Crippen LogP) is 2.22. The summed E-state index contributed by atoms with van der Waals surface area (Å²) in [6.07, 6.45) is 0.480. The highest BCUT2D eigenvalue weighted by atomic mass is 127. The van der Waals surface area contributed by atoms with Crippen LogP contribution in [-0.2, 0) is 11.2 Å². The van der Waals surface area contributed by atoms with Crippen molar-refractivity contribution in [3.63, 3.8) is 0 Å². The first kappa shape index (κ1) is 11.9. The molecule has 1 atom stereocenters. The molecule has 1 aromatic rings. The number of primary amides is 1. The van der Waals surface area contributed by atoms with E-state index in [4.69, 9.17) is 5.73 Å². The van der Waals surface area contributed by atoms with Gasteiger partial charge in [-0.25, -0.2) is 4.39 Å². The first-order valence-electron chi connectivity index (χ1n) is 3.88. The SMILES string of the molecule is NC(=O)C(Br)Cc1ccc(F)cc1I. The summed E-state index contributed by atoms with van der Waals surface area (Å²) < 4.78 is 13.5. The molecular formula is C9H8BrFINO. The smallest absolute Gasteiger partial charge is 0.231 e. The second kappa shape index (κ2) is 5.06. The fraction of sp³-hybridized carbons (Fsp3) is 0.222. The van der Waals surface area contributed by atoms with Gasteiger partial charge < -0.3 is 5.73 Å². The average molecular weight is 372 g/mol. The number of alkyl halides is 1. The molecule has 5 heteroatoms. The number of hydrogen-bond acceptors (Lipinski definition) is 1. The molecule has 1 rings (SSSR count). The number of halogens is 3. The number of nitrogens with two attached hydrogens (primary N) is 1. The van der Waals surface area contributed by atoms with Gasteiger partial charge in [-0.2, -0.15) is 0 Å². The first-order valence-corrected chi connectivity index (χ1v) is 5.87. The third kappa shape index (κ3) is 3.20. The number of benzene rings is 1. The summed E-state index contributed by atoms with van der Waals surface area (Å²) in [4.78, 5) is 10.4. The van der Waals surface area contributed by atoms with E-state index in [2.05, 4.69) is 15.9 Å². The highest BCUT2D eigenvalue weighted by Crippen LogP contribution is 2.17. The van der Waals surface area contributed by atoms with E-state index < -0.39 is 10.7 Å². The van der Waals surface area contributed by atoms with Crippen LogP contribution in [0.5, 0.6) is 0 Å². The van der Waals surface area contributed by atoms with Crippen LogP contribution < -0.4 is 5.73 Å². The van der Waals surface area contributed by atoms with Gasteiger partial charge in [-0.05, 0) is 46.7 Å². The molecule has 0 radical (unpaired) electrons. The minimum Gasteiger partial charge on any atom is -0.369 e. The zero-order chi connectivity index (χ0) is 10.7. The lowest BCUT2D eigenvalue weighted by Crippen LogP contribution is -2.25. The van der Waals surface area contributed by atoms with Crippen LogP contribution in [0.15, 0.2) is 18.2 Å². The first-order chi connectivity index (χ1) is 6.50. The summed E-state index contributed by atoms with van der Waals surface area (Å²) in [5.74, 6) is -0.687. The maximum absolute atomic E-state index is 12.7. The van der Waals surface area contributed by atoms with Gasteiger partial charge in [0.2, 0.25) is 5.91 Å². The van der Waals surface area contributed by atoms with Crippen molar-refractivity contribution in [3.8, 4) is 0 Å². The Kier molecular flexibility index (Phi) is 4.31. The Balaban J connectivity index is 2.82. The summed E-state index contributed by atoms with van der Waals surface area (Å²) in [7, 11) is 0. The Labute approximate surface area is 103 Å². The minimum absolute atomic E-state index is 0.275. The van der Waals surface area contributed by atoms with E-state index >= 15 is 0 Å². The van der Waals surface area contributed by atoms with Crippen molar-refractivity contribution in [3.05, 3.63) is 33.1 Å². The van der Waals surface area contributed by atoms with Crippen LogP contribution in [0, 0.1) is 9.39 Å². The molecule has 0 aliphatic heterocycles. The van der Waals surface area contributed by atoms with Crippen molar-refractivity contribution < 1.29 is 9.18 Å². The Bertz CT molecular complexity index is 359. The zero-order valence-electron chi connectivity index (χ0n) is 7.14. The van der Waals surface area contributed by atoms with Crippen molar-refractivity contribution in [2.75, 3.05) is 0 Å². The number of amides is 1. The van der Waals surface area contributed by atoms with Crippen molar-refractivity contribution in [1.29, 1.82) is 0 Å². The largest absolute Gasteiger partial charge is 0.369 e. The molecule has 0 fully saturated rings. The van der Waals surface area contributed by atoms with Crippen LogP contribution in [0.2, 0.25) is 0 Å². The fourth-order valence-electron chi connectivity index (χ4n) is 0.981. The van der Waals surface area contributed by atoms with Gasteiger partial charge in [0, 0.05) is 3.57 Å². The van der Waals surface area contributed by atoms with E-state index in [1.54, 1.807) is 6.07 Å². The van der Waals surface area contributed by atoms with Crippen LogP contribution >= 0.6 is 38.5 Å². The minimum atomic E-state index is -0.412. The monoisotopic (exact) mass is 371 g/mol. The topological polar surface area (TPSA) is 43.1 Å². The lowest BCUT2D eigenvalue weighted by molar-refractivity contribution is -0.117. The third-order valence-electron chi connectivity index (χ3n) is 1.72. The molecule has 0 aromatic heterocycles. The lowest BCUT2D eigenvalue weighted by atomic mass is 10.1. The summed E-state index contributed by atoms with van der Waals surface area (Å²) >= 11 is 5.19. The summed E-state index contributed by atoms with van der Waals surface area (Å²) in [6, 6.07) is 4.46. The van der Waals surface area contributed by atoms with E-state index in [-0.39, 0.29) is 5.82 Å². The van der Waals surface area contributed by atoms with Crippen molar-refractivity contribution in [2.45, 2.75) is 11.2 Å². The number of carbonyl (C=O) groups is 1. The molecule has 0 bridgehead atoms. The highest BCUT2D eigenvalue weighted by molar-refractivity contribution is 14.1. The molecule has 1 unspecified atom stereocenters. The van der Waals surface area contributed by atoms with Crippen LogP contribution in [0.3, 0.4) is 0 Å². The van der Waals surface area contributed by atoms with Crippen LogP contribution in [0.25, 0.3) is 0 Å². The lowest BCUT2D eigenvalue weighted by Gasteiger charge is -2.07. The number of rotatable bonds is 3. The molecule has 1 aromatic carbocycles. The molecule has 1 amide bonds. The van der Waals surface area contributed by atoms with Gasteiger partial charge in [0.05, 0.1) is 4.83 Å². The maximum atomic E-state index is 12.7. The molecule has 14 heavy (non-hydrogen) atoms. The van der Waals surface area contributed by atoms with Crippen molar-refractivity contribution in [2.24, 2.45) is 5.73 Å². The van der Waals surface area contributed by atoms with E-state index in [1.165, 1.54) is 12.1 Å². The standard InChI is InChI=1S/C9H8BrFINO/c10-7(9(13)14)3-5-1-2-6(11)4-8(5)12/h1-2,4,7H,3H2,(H2,13,14). The van der Waals surface area contributed by atoms with Crippen LogP contribution in [0.1, 0.15) is 5.56 Å². The molecule has 2 nitrogen and oxygen atoms in total. The van der Waals surface area contributed by atoms with E-state index in [0.717, 1.165) is 9.13 Å². The van der Waals surface area contributed by atoms with Crippen molar-refractivity contribution >= 4 is 44.4 Å². The Morgan fingerprint density at radius 2 is 2.29 bits per heavy atom. The number of hydrogen-bond donors (Lipinski definition) is 1. The molecule has 0 saturated carbocycles. The molecule has 0 aliphatic rings. The summed E-state index contributed by atoms with van der Waals surface area (Å²) in [5.41, 5.74) is 6.01. The van der Waals surface area contributed by atoms with E-state index in [1.807, 2.05) is 22.6 Å². The Morgan fingerprint density at radius 1 is 1.64 bits per heavy atom. The average Bonchev–Trinajstić information content (AvgIpc) is 2.09. The molecule has 0 saturated heterocycles. The Hall–Kier alpha value is -0.170. The van der Waals surface area contributed by atoms with Gasteiger partial charge >= 0.3 is 0 Å². The molecular weight excluding hydrogens is 364 g/mol. The van der Waals surface area contributed by atoms with Gasteiger partial charge in [0.1, 0.15) is 5.82 Å². The van der Waals surface area contributed by atoms with Gasteiger partial charge in [-0.1, -0.05) is 22.0 Å². The van der Waals surface area contributed by atoms with E-state index in [0.29, 0.717) is 6.42 Å². The van der Waals surface area contributed by atoms with Crippen molar-refractivity contribution in [1.82, 2.24) is 0 Å². The quantitative estimate of drug-likeness (QED) is 0.642. The van der Waals surface area contributed by atoms with Crippen LogP contribution in [-0.4, -0.2) is 10.7 Å². The zero-order valence-corrected chi connectivity index (χ0v) is 10.9. The predicted molar refractivity (Wildman–Crippen MR) is 64.7 cm³/mol. The fourth-order valence-corrected chi connectivity index (χ4v) is 2.03. The second-order valence-corrected chi connectivity index (χ2v) is 5.08. The normalized spacial score (nSPS) is 12.5. The molecule has 0 heterocycles. The van der Waals surface area contributed by atoms with Gasteiger partial charge in [0.15, 0.2) is 0 Å². The van der Waals surface area contributed by atoms with E-state index in [9.17, 15) is 9.18 Å². The Morgan fingerprint density at radius 3 is 2.79 bits per heavy atom. The van der Waals surface area contributed by atoms with Crippen LogP contribution in [0.4, 0.5) is 4.39 Å². The highest BCUT2D eigenvalue weighted by Gasteiger charge is 2.13. The maximum Gasteiger partial charge on any atom is 0.231 e. The second-order valence-electron chi connectivity index (χ2n) is 2.81. The third-order valence-corrected chi connectivity index (χ3v) is 3.50. The summed E-state index contributed by atoms with van der Waals surface area (Å²) in [6.45, 7) is 0. The molecule has 76 valence electrons. The van der Waals surface area contributed by atoms with Gasteiger partial charge in [-0.3, -0.25) is 4.79 Å². The molecule has 0 spiro atoms. The molecule has 2 N–H and O–H groups in total. The van der Waals surface area contributed by atoms with Gasteiger partial charge in [0.25, 0.3) is 0 Å². The molecule has 0 aliphatic carbocycles.